The first-order chi connectivity index (χ1) is 9.10. The highest BCUT2D eigenvalue weighted by atomic mass is 32.2. The van der Waals surface area contributed by atoms with Crippen LogP contribution in [0.1, 0.15) is 25.7 Å². The van der Waals surface area contributed by atoms with E-state index in [-0.39, 0.29) is 23.8 Å². The molecule has 0 aliphatic carbocycles. The molecule has 0 unspecified atom stereocenters. The first-order valence-electron chi connectivity index (χ1n) is 6.47. The van der Waals surface area contributed by atoms with Crippen molar-refractivity contribution in [3.05, 3.63) is 0 Å². The smallest absolute Gasteiger partial charge is 0.303 e. The van der Waals surface area contributed by atoms with Crippen molar-refractivity contribution in [1.82, 2.24) is 4.31 Å². The summed E-state index contributed by atoms with van der Waals surface area (Å²) in [6.07, 6.45) is 2.94. The molecule has 1 fully saturated rings. The van der Waals surface area contributed by atoms with Crippen molar-refractivity contribution >= 4 is 25.8 Å². The number of piperidine rings is 1. The highest BCUT2D eigenvalue weighted by Crippen LogP contribution is 2.23. The summed E-state index contributed by atoms with van der Waals surface area (Å²) in [5.41, 5.74) is 0. The first kappa shape index (κ1) is 17.4. The van der Waals surface area contributed by atoms with Crippen molar-refractivity contribution in [2.45, 2.75) is 25.7 Å². The summed E-state index contributed by atoms with van der Waals surface area (Å²) in [4.78, 5) is 10.5. The number of carbonyl (C=O) groups is 1. The van der Waals surface area contributed by atoms with Crippen molar-refractivity contribution in [3.8, 4) is 0 Å². The predicted octanol–water partition coefficient (Wildman–Crippen LogP) is -0.0624. The van der Waals surface area contributed by atoms with Crippen molar-refractivity contribution in [3.63, 3.8) is 0 Å². The molecule has 0 aromatic heterocycles. The average Bonchev–Trinajstić information content (AvgIpc) is 2.34. The minimum Gasteiger partial charge on any atom is -0.481 e. The van der Waals surface area contributed by atoms with Gasteiger partial charge in [0.05, 0.1) is 11.5 Å². The van der Waals surface area contributed by atoms with E-state index in [2.05, 4.69) is 0 Å². The summed E-state index contributed by atoms with van der Waals surface area (Å²) in [7, 11) is -6.83. The van der Waals surface area contributed by atoms with Crippen LogP contribution in [0.15, 0.2) is 0 Å². The van der Waals surface area contributed by atoms with E-state index >= 15 is 0 Å². The Morgan fingerprint density at radius 1 is 1.15 bits per heavy atom. The Morgan fingerprint density at radius 2 is 1.70 bits per heavy atom. The summed E-state index contributed by atoms with van der Waals surface area (Å²) in [5.74, 6) is -1.36. The molecule has 0 atom stereocenters. The fourth-order valence-electron chi connectivity index (χ4n) is 2.19. The molecule has 1 rings (SSSR count). The SMILES string of the molecule is CS(=O)(=O)CCS(=O)(=O)N1CCC(CCC(=O)O)CC1. The maximum atomic E-state index is 12.0. The number of hydrogen-bond acceptors (Lipinski definition) is 5. The average molecular weight is 327 g/mol. The lowest BCUT2D eigenvalue weighted by atomic mass is 9.93. The van der Waals surface area contributed by atoms with E-state index in [9.17, 15) is 21.6 Å². The van der Waals surface area contributed by atoms with Crippen molar-refractivity contribution in [1.29, 1.82) is 0 Å². The Balaban J connectivity index is 2.45. The number of rotatable bonds is 7. The molecule has 0 amide bonds. The third-order valence-corrected chi connectivity index (χ3v) is 6.52. The van der Waals surface area contributed by atoms with Gasteiger partial charge in [-0.1, -0.05) is 0 Å². The van der Waals surface area contributed by atoms with E-state index in [1.54, 1.807) is 0 Å². The molecule has 0 radical (unpaired) electrons. The van der Waals surface area contributed by atoms with Crippen LogP contribution in [0.25, 0.3) is 0 Å². The molecule has 0 spiro atoms. The van der Waals surface area contributed by atoms with Gasteiger partial charge >= 0.3 is 5.97 Å². The topological polar surface area (TPSA) is 109 Å². The molecule has 0 aromatic rings. The van der Waals surface area contributed by atoms with Gasteiger partial charge in [-0.3, -0.25) is 4.79 Å². The maximum absolute atomic E-state index is 12.0. The molecule has 1 aliphatic heterocycles. The Bertz CT molecular complexity index is 531. The number of carboxylic acids is 1. The van der Waals surface area contributed by atoms with Gasteiger partial charge in [-0.2, -0.15) is 0 Å². The normalized spacial score (nSPS) is 19.1. The second-order valence-corrected chi connectivity index (χ2v) is 9.57. The minimum atomic E-state index is -3.53. The first-order valence-corrected chi connectivity index (χ1v) is 10.1. The van der Waals surface area contributed by atoms with Gasteiger partial charge in [0.1, 0.15) is 9.84 Å². The molecular weight excluding hydrogens is 306 g/mol. The van der Waals surface area contributed by atoms with Gasteiger partial charge in [0.25, 0.3) is 0 Å². The maximum Gasteiger partial charge on any atom is 0.303 e. The molecule has 1 saturated heterocycles. The number of sulfonamides is 1. The Morgan fingerprint density at radius 3 is 2.15 bits per heavy atom. The van der Waals surface area contributed by atoms with E-state index < -0.39 is 25.8 Å². The third-order valence-electron chi connectivity index (χ3n) is 3.45. The molecule has 0 bridgehead atoms. The van der Waals surface area contributed by atoms with Crippen LogP contribution in [0.5, 0.6) is 0 Å². The lowest BCUT2D eigenvalue weighted by molar-refractivity contribution is -0.137. The zero-order chi connectivity index (χ0) is 15.4. The van der Waals surface area contributed by atoms with Crippen LogP contribution in [-0.2, 0) is 24.7 Å². The zero-order valence-electron chi connectivity index (χ0n) is 11.5. The Hall–Kier alpha value is -0.670. The lowest BCUT2D eigenvalue weighted by Gasteiger charge is -2.30. The lowest BCUT2D eigenvalue weighted by Crippen LogP contribution is -2.40. The molecule has 9 heteroatoms. The molecule has 0 aromatic carbocycles. The van der Waals surface area contributed by atoms with Gasteiger partial charge in [-0.05, 0) is 25.2 Å². The largest absolute Gasteiger partial charge is 0.481 e. The van der Waals surface area contributed by atoms with Gasteiger partial charge in [-0.15, -0.1) is 0 Å². The molecular formula is C11H21NO6S2. The van der Waals surface area contributed by atoms with Gasteiger partial charge < -0.3 is 5.11 Å². The standard InChI is InChI=1S/C11H21NO6S2/c1-19(15,16)8-9-20(17,18)12-6-4-10(5-7-12)2-3-11(13)14/h10H,2-9H2,1H3,(H,13,14). The van der Waals surface area contributed by atoms with Crippen LogP contribution in [0.4, 0.5) is 0 Å². The summed E-state index contributed by atoms with van der Waals surface area (Å²) in [6.45, 7) is 0.687. The van der Waals surface area contributed by atoms with Crippen LogP contribution in [-0.4, -0.2) is 63.1 Å². The van der Waals surface area contributed by atoms with Crippen LogP contribution in [0.2, 0.25) is 0 Å². The molecule has 118 valence electrons. The second-order valence-electron chi connectivity index (χ2n) is 5.22. The van der Waals surface area contributed by atoms with Crippen molar-refractivity contribution in [2.24, 2.45) is 5.92 Å². The van der Waals surface area contributed by atoms with Gasteiger partial charge in [-0.25, -0.2) is 21.1 Å². The predicted molar refractivity (Wildman–Crippen MR) is 74.7 cm³/mol. The summed E-state index contributed by atoms with van der Waals surface area (Å²) in [6, 6.07) is 0. The van der Waals surface area contributed by atoms with E-state index in [4.69, 9.17) is 5.11 Å². The van der Waals surface area contributed by atoms with Crippen LogP contribution >= 0.6 is 0 Å². The molecule has 1 heterocycles. The van der Waals surface area contributed by atoms with Crippen LogP contribution < -0.4 is 0 Å². The van der Waals surface area contributed by atoms with Crippen LogP contribution in [0, 0.1) is 5.92 Å². The number of aliphatic carboxylic acids is 1. The molecule has 0 saturated carbocycles. The Labute approximate surface area is 119 Å². The number of nitrogens with zero attached hydrogens (tertiary/aromatic N) is 1. The second kappa shape index (κ2) is 6.86. The van der Waals surface area contributed by atoms with Crippen molar-refractivity contribution in [2.75, 3.05) is 30.9 Å². The monoisotopic (exact) mass is 327 g/mol. The van der Waals surface area contributed by atoms with E-state index in [0.717, 1.165) is 6.26 Å². The van der Waals surface area contributed by atoms with Crippen LogP contribution in [0.3, 0.4) is 0 Å². The zero-order valence-corrected chi connectivity index (χ0v) is 13.1. The summed E-state index contributed by atoms with van der Waals surface area (Å²) < 4.78 is 47.3. The quantitative estimate of drug-likeness (QED) is 0.701. The fourth-order valence-corrected chi connectivity index (χ4v) is 5.27. The number of sulfone groups is 1. The number of carboxylic acid groups (broad SMARTS) is 1. The van der Waals surface area contributed by atoms with Gasteiger partial charge in [0.2, 0.25) is 10.0 Å². The highest BCUT2D eigenvalue weighted by molar-refractivity contribution is 7.93. The fraction of sp³-hybridized carbons (Fsp3) is 0.909. The van der Waals surface area contributed by atoms with Gasteiger partial charge in [0.15, 0.2) is 0 Å². The number of hydrogen-bond donors (Lipinski definition) is 1. The molecule has 1 N–H and O–H groups in total. The minimum absolute atomic E-state index is 0.103. The van der Waals surface area contributed by atoms with Gasteiger partial charge in [0, 0.05) is 25.8 Å². The van der Waals surface area contributed by atoms with Crippen molar-refractivity contribution < 1.29 is 26.7 Å². The summed E-state index contributed by atoms with van der Waals surface area (Å²) in [5, 5.41) is 8.61. The molecule has 20 heavy (non-hydrogen) atoms. The Kier molecular flexibility index (Phi) is 5.96. The van der Waals surface area contributed by atoms with E-state index in [0.29, 0.717) is 32.4 Å². The summed E-state index contributed by atoms with van der Waals surface area (Å²) >= 11 is 0. The molecule has 7 nitrogen and oxygen atoms in total. The highest BCUT2D eigenvalue weighted by Gasteiger charge is 2.28. The molecule has 1 aliphatic rings. The third kappa shape index (κ3) is 6.19. The van der Waals surface area contributed by atoms with E-state index in [1.165, 1.54) is 4.31 Å². The van der Waals surface area contributed by atoms with E-state index in [1.807, 2.05) is 0 Å².